The first-order chi connectivity index (χ1) is 20.9. The van der Waals surface area contributed by atoms with Crippen molar-refractivity contribution in [3.05, 3.63) is 96.6 Å². The van der Waals surface area contributed by atoms with Gasteiger partial charge in [-0.2, -0.15) is 0 Å². The highest BCUT2D eigenvalue weighted by atomic mass is 28.4. The first-order valence-electron chi connectivity index (χ1n) is 14.9. The maximum Gasteiger partial charge on any atom is 0.407 e. The van der Waals surface area contributed by atoms with Gasteiger partial charge in [-0.1, -0.05) is 112 Å². The number of alkyl carbamates (subject to hydrolysis) is 1. The van der Waals surface area contributed by atoms with Gasteiger partial charge in [0.05, 0.1) is 59.5 Å². The molecule has 234 valence electrons. The topological polar surface area (TPSA) is 84.5 Å². The summed E-state index contributed by atoms with van der Waals surface area (Å²) in [5, 5.41) is 5.13. The van der Waals surface area contributed by atoms with Crippen LogP contribution in [0.25, 0.3) is 0 Å². The van der Waals surface area contributed by atoms with Gasteiger partial charge in [0, 0.05) is 6.54 Å². The molecule has 1 amide bonds. The van der Waals surface area contributed by atoms with E-state index < -0.39 is 14.4 Å². The summed E-state index contributed by atoms with van der Waals surface area (Å²) >= 11 is 0. The zero-order valence-electron chi connectivity index (χ0n) is 25.8. The van der Waals surface area contributed by atoms with E-state index in [0.29, 0.717) is 66.0 Å². The minimum Gasteiger partial charge on any atom is -0.445 e. The van der Waals surface area contributed by atoms with Gasteiger partial charge in [0.2, 0.25) is 0 Å². The van der Waals surface area contributed by atoms with Crippen LogP contribution in [-0.4, -0.2) is 80.4 Å². The predicted octanol–water partition coefficient (Wildman–Crippen LogP) is 4.56. The normalized spacial score (nSPS) is 11.8. The van der Waals surface area contributed by atoms with Gasteiger partial charge < -0.3 is 33.4 Å². The number of hydrogen-bond acceptors (Lipinski definition) is 7. The molecule has 3 rings (SSSR count). The lowest BCUT2D eigenvalue weighted by atomic mass is 10.2. The highest BCUT2D eigenvalue weighted by molar-refractivity contribution is 6.99. The third-order valence-corrected chi connectivity index (χ3v) is 11.8. The van der Waals surface area contributed by atoms with Crippen molar-refractivity contribution in [3.8, 4) is 0 Å². The summed E-state index contributed by atoms with van der Waals surface area (Å²) in [6, 6.07) is 30.8. The molecule has 0 aliphatic heterocycles. The van der Waals surface area contributed by atoms with Crippen LogP contribution < -0.4 is 15.7 Å². The zero-order chi connectivity index (χ0) is 30.6. The molecule has 1 N–H and O–H groups in total. The Hall–Kier alpha value is -3.05. The van der Waals surface area contributed by atoms with Crippen LogP contribution in [0.3, 0.4) is 0 Å². The van der Waals surface area contributed by atoms with Gasteiger partial charge in [-0.15, -0.1) is 0 Å². The standard InChI is InChI=1S/C34H47NO7Si/c1-34(2,3)43(31-15-9-5-10-16-31,32-17-11-6-12-18-32)42-28-27-40-26-25-39-24-23-38-22-21-37-20-19-35-33(36)41-29-30-13-7-4-8-14-30/h4-18H,19-29H2,1-3H3,(H,35,36). The minimum atomic E-state index is -2.54. The summed E-state index contributed by atoms with van der Waals surface area (Å²) in [5.41, 5.74) is 0.944. The van der Waals surface area contributed by atoms with Crippen LogP contribution in [0, 0.1) is 0 Å². The predicted molar refractivity (Wildman–Crippen MR) is 171 cm³/mol. The molecule has 0 radical (unpaired) electrons. The van der Waals surface area contributed by atoms with E-state index in [-0.39, 0.29) is 11.6 Å². The van der Waals surface area contributed by atoms with Gasteiger partial charge in [-0.05, 0) is 21.0 Å². The van der Waals surface area contributed by atoms with Crippen LogP contribution in [0.15, 0.2) is 91.0 Å². The number of amides is 1. The maximum absolute atomic E-state index is 11.7. The molecule has 0 bridgehead atoms. The van der Waals surface area contributed by atoms with Gasteiger partial charge in [0.25, 0.3) is 8.32 Å². The molecule has 8 nitrogen and oxygen atoms in total. The molecular formula is C34H47NO7Si. The summed E-state index contributed by atoms with van der Waals surface area (Å²) in [4.78, 5) is 11.7. The van der Waals surface area contributed by atoms with E-state index in [2.05, 4.69) is 74.6 Å². The number of ether oxygens (including phenoxy) is 5. The monoisotopic (exact) mass is 609 g/mol. The second kappa shape index (κ2) is 19.3. The molecular weight excluding hydrogens is 562 g/mol. The van der Waals surface area contributed by atoms with Crippen LogP contribution >= 0.6 is 0 Å². The Morgan fingerprint density at radius 1 is 0.605 bits per heavy atom. The van der Waals surface area contributed by atoms with E-state index in [1.54, 1.807) is 0 Å². The fraction of sp³-hybridized carbons (Fsp3) is 0.441. The van der Waals surface area contributed by atoms with Gasteiger partial charge >= 0.3 is 6.09 Å². The molecule has 0 fully saturated rings. The Morgan fingerprint density at radius 2 is 1.02 bits per heavy atom. The molecule has 0 saturated carbocycles. The third kappa shape index (κ3) is 11.9. The fourth-order valence-electron chi connectivity index (χ4n) is 4.78. The van der Waals surface area contributed by atoms with Crippen molar-refractivity contribution in [2.45, 2.75) is 32.4 Å². The Labute approximate surface area is 257 Å². The van der Waals surface area contributed by atoms with Crippen molar-refractivity contribution in [1.29, 1.82) is 0 Å². The Balaban J connectivity index is 1.19. The number of benzene rings is 3. The largest absolute Gasteiger partial charge is 0.445 e. The van der Waals surface area contributed by atoms with Crippen molar-refractivity contribution >= 4 is 24.8 Å². The summed E-state index contributed by atoms with van der Waals surface area (Å²) in [5.74, 6) is 0. The van der Waals surface area contributed by atoms with Crippen molar-refractivity contribution in [3.63, 3.8) is 0 Å². The summed E-state index contributed by atoms with van der Waals surface area (Å²) in [6.07, 6.45) is -0.461. The van der Waals surface area contributed by atoms with Crippen molar-refractivity contribution in [2.75, 3.05) is 66.0 Å². The summed E-state index contributed by atoms with van der Waals surface area (Å²) in [6.45, 7) is 11.7. The maximum atomic E-state index is 11.7. The van der Waals surface area contributed by atoms with Crippen LogP contribution in [0.5, 0.6) is 0 Å². The fourth-order valence-corrected chi connectivity index (χ4v) is 9.32. The Bertz CT molecular complexity index is 1100. The van der Waals surface area contributed by atoms with Crippen LogP contribution in [0.4, 0.5) is 4.79 Å². The van der Waals surface area contributed by atoms with Crippen molar-refractivity contribution in [1.82, 2.24) is 5.32 Å². The number of carbonyl (C=O) groups is 1. The minimum absolute atomic E-state index is 0.0581. The van der Waals surface area contributed by atoms with Gasteiger partial charge in [0.15, 0.2) is 0 Å². The number of hydrogen-bond donors (Lipinski definition) is 1. The van der Waals surface area contributed by atoms with Crippen LogP contribution in [-0.2, 0) is 34.7 Å². The average molecular weight is 610 g/mol. The highest BCUT2D eigenvalue weighted by Crippen LogP contribution is 2.36. The lowest BCUT2D eigenvalue weighted by Crippen LogP contribution is -2.66. The Morgan fingerprint density at radius 3 is 1.49 bits per heavy atom. The van der Waals surface area contributed by atoms with Gasteiger partial charge in [-0.25, -0.2) is 4.79 Å². The number of rotatable bonds is 20. The van der Waals surface area contributed by atoms with Gasteiger partial charge in [0.1, 0.15) is 6.61 Å². The van der Waals surface area contributed by atoms with Crippen molar-refractivity contribution < 1.29 is 32.9 Å². The molecule has 3 aromatic carbocycles. The first-order valence-corrected chi connectivity index (χ1v) is 16.8. The molecule has 43 heavy (non-hydrogen) atoms. The highest BCUT2D eigenvalue weighted by Gasteiger charge is 2.49. The van der Waals surface area contributed by atoms with E-state index in [0.717, 1.165) is 5.56 Å². The molecule has 0 heterocycles. The van der Waals surface area contributed by atoms with Crippen LogP contribution in [0.1, 0.15) is 26.3 Å². The van der Waals surface area contributed by atoms with Gasteiger partial charge in [-0.3, -0.25) is 0 Å². The molecule has 0 aromatic heterocycles. The zero-order valence-corrected chi connectivity index (χ0v) is 26.8. The van der Waals surface area contributed by atoms with E-state index in [9.17, 15) is 4.79 Å². The third-order valence-electron chi connectivity index (χ3n) is 6.81. The second-order valence-corrected chi connectivity index (χ2v) is 15.3. The first kappa shape index (κ1) is 34.4. The average Bonchev–Trinajstić information content (AvgIpc) is 3.02. The molecule has 0 aliphatic rings. The van der Waals surface area contributed by atoms with Crippen molar-refractivity contribution in [2.24, 2.45) is 0 Å². The quantitative estimate of drug-likeness (QED) is 0.149. The molecule has 0 spiro atoms. The smallest absolute Gasteiger partial charge is 0.407 e. The Kier molecular flexibility index (Phi) is 15.4. The van der Waals surface area contributed by atoms with E-state index in [4.69, 9.17) is 28.1 Å². The van der Waals surface area contributed by atoms with Crippen LogP contribution in [0.2, 0.25) is 5.04 Å². The number of nitrogens with one attached hydrogen (secondary N) is 1. The molecule has 9 heteroatoms. The molecule has 0 saturated heterocycles. The molecule has 0 atom stereocenters. The lowest BCUT2D eigenvalue weighted by molar-refractivity contribution is -0.00460. The molecule has 0 unspecified atom stereocenters. The lowest BCUT2D eigenvalue weighted by Gasteiger charge is -2.43. The molecule has 3 aromatic rings. The number of carbonyl (C=O) groups excluding carboxylic acids is 1. The van der Waals surface area contributed by atoms with E-state index >= 15 is 0 Å². The SMILES string of the molecule is CC(C)(C)[Si](OCCOCCOCCOCCOCCNC(=O)OCc1ccccc1)(c1ccccc1)c1ccccc1. The molecule has 0 aliphatic carbocycles. The second-order valence-electron chi connectivity index (χ2n) is 10.9. The summed E-state index contributed by atoms with van der Waals surface area (Å²) < 4.78 is 34.4. The summed E-state index contributed by atoms with van der Waals surface area (Å²) in [7, 11) is -2.54. The van der Waals surface area contributed by atoms with E-state index in [1.165, 1.54) is 10.4 Å². The van der Waals surface area contributed by atoms with E-state index in [1.807, 2.05) is 42.5 Å².